The highest BCUT2D eigenvalue weighted by molar-refractivity contribution is 8.03. The van der Waals surface area contributed by atoms with Gasteiger partial charge in [-0.05, 0) is 43.0 Å². The third-order valence-corrected chi connectivity index (χ3v) is 2.11. The van der Waals surface area contributed by atoms with Crippen LogP contribution in [0.4, 0.5) is 0 Å². The van der Waals surface area contributed by atoms with Crippen LogP contribution >= 0.6 is 11.8 Å². The van der Waals surface area contributed by atoms with Gasteiger partial charge in [-0.15, -0.1) is 0 Å². The van der Waals surface area contributed by atoms with Gasteiger partial charge in [0.25, 0.3) is 0 Å². The van der Waals surface area contributed by atoms with Crippen LogP contribution in [0.15, 0.2) is 29.2 Å². The van der Waals surface area contributed by atoms with Crippen LogP contribution < -0.4 is 0 Å². The lowest BCUT2D eigenvalue weighted by atomic mass is 10.2. The molecule has 0 amide bonds. The van der Waals surface area contributed by atoms with Gasteiger partial charge in [0, 0.05) is 4.90 Å². The molecule has 0 aromatic heterocycles. The quantitative estimate of drug-likeness (QED) is 0.451. The van der Waals surface area contributed by atoms with Gasteiger partial charge in [-0.2, -0.15) is 0 Å². The van der Waals surface area contributed by atoms with Gasteiger partial charge in [0.2, 0.25) is 0 Å². The van der Waals surface area contributed by atoms with E-state index in [2.05, 4.69) is 42.4 Å². The Morgan fingerprint density at radius 1 is 1.18 bits per heavy atom. The van der Waals surface area contributed by atoms with Crippen molar-refractivity contribution in [3.63, 3.8) is 0 Å². The van der Waals surface area contributed by atoms with Gasteiger partial charge in [-0.1, -0.05) is 23.6 Å². The van der Waals surface area contributed by atoms with Crippen LogP contribution in [-0.4, -0.2) is 0 Å². The maximum absolute atomic E-state index is 2.95. The fourth-order valence-electron chi connectivity index (χ4n) is 0.716. The number of hydrogen-bond donors (Lipinski definition) is 0. The minimum Gasteiger partial charge on any atom is -0.0943 e. The van der Waals surface area contributed by atoms with Crippen molar-refractivity contribution in [1.82, 2.24) is 0 Å². The summed E-state index contributed by atoms with van der Waals surface area (Å²) in [5, 5.41) is 2.95. The normalized spacial score (nSPS) is 8.55. The molecule has 11 heavy (non-hydrogen) atoms. The first kappa shape index (κ1) is 8.23. The van der Waals surface area contributed by atoms with Crippen LogP contribution in [0.25, 0.3) is 0 Å². The van der Waals surface area contributed by atoms with Crippen molar-refractivity contribution >= 4 is 11.8 Å². The molecule has 56 valence electrons. The topological polar surface area (TPSA) is 0 Å². The molecule has 0 atom stereocenters. The molecule has 0 unspecified atom stereocenters. The second kappa shape index (κ2) is 4.10. The Morgan fingerprint density at radius 3 is 2.36 bits per heavy atom. The first-order chi connectivity index (χ1) is 5.33. The second-order valence-corrected chi connectivity index (χ2v) is 3.15. The Bertz CT molecular complexity index is 274. The third kappa shape index (κ3) is 2.69. The monoisotopic (exact) mass is 162 g/mol. The molecule has 1 heteroatoms. The zero-order valence-electron chi connectivity index (χ0n) is 6.72. The summed E-state index contributed by atoms with van der Waals surface area (Å²) in [6, 6.07) is 8.37. The largest absolute Gasteiger partial charge is 0.0943 e. The predicted octanol–water partition coefficient (Wildman–Crippen LogP) is 3.07. The summed E-state index contributed by atoms with van der Waals surface area (Å²) in [7, 11) is 0. The van der Waals surface area contributed by atoms with E-state index < -0.39 is 0 Å². The summed E-state index contributed by atoms with van der Waals surface area (Å²) in [5.74, 6) is 2.84. The van der Waals surface area contributed by atoms with E-state index in [9.17, 15) is 0 Å². The third-order valence-electron chi connectivity index (χ3n) is 1.29. The van der Waals surface area contributed by atoms with Crippen LogP contribution in [0.5, 0.6) is 0 Å². The van der Waals surface area contributed by atoms with Gasteiger partial charge < -0.3 is 0 Å². The average molecular weight is 162 g/mol. The van der Waals surface area contributed by atoms with Crippen molar-refractivity contribution in [1.29, 1.82) is 0 Å². The fourth-order valence-corrected chi connectivity index (χ4v) is 1.21. The first-order valence-corrected chi connectivity index (χ1v) is 4.30. The van der Waals surface area contributed by atoms with Crippen molar-refractivity contribution < 1.29 is 0 Å². The lowest BCUT2D eigenvalue weighted by molar-refractivity contribution is 1.38. The molecule has 0 heterocycles. The average Bonchev–Trinajstić information content (AvgIpc) is 2.04. The zero-order valence-corrected chi connectivity index (χ0v) is 7.53. The van der Waals surface area contributed by atoms with E-state index in [1.54, 1.807) is 11.8 Å². The van der Waals surface area contributed by atoms with E-state index in [0.717, 1.165) is 0 Å². The zero-order chi connectivity index (χ0) is 8.10. The Morgan fingerprint density at radius 2 is 1.82 bits per heavy atom. The van der Waals surface area contributed by atoms with E-state index in [4.69, 9.17) is 0 Å². The van der Waals surface area contributed by atoms with Gasteiger partial charge >= 0.3 is 0 Å². The van der Waals surface area contributed by atoms with Gasteiger partial charge in [-0.25, -0.2) is 0 Å². The molecular formula is C10H10S. The Kier molecular flexibility index (Phi) is 3.07. The molecule has 0 spiro atoms. The summed E-state index contributed by atoms with van der Waals surface area (Å²) in [6.07, 6.45) is 0. The highest BCUT2D eigenvalue weighted by Gasteiger charge is 1.87. The van der Waals surface area contributed by atoms with E-state index in [1.807, 2.05) is 6.92 Å². The van der Waals surface area contributed by atoms with Crippen molar-refractivity contribution in [3.05, 3.63) is 29.8 Å². The van der Waals surface area contributed by atoms with Gasteiger partial charge in [0.15, 0.2) is 0 Å². The van der Waals surface area contributed by atoms with E-state index in [-0.39, 0.29) is 0 Å². The molecule has 0 aliphatic heterocycles. The van der Waals surface area contributed by atoms with Gasteiger partial charge in [0.05, 0.1) is 0 Å². The standard InChI is InChI=1S/C10H10S/c1-3-8-11-10-6-4-9(2)5-7-10/h4-7H,1-2H3. The summed E-state index contributed by atoms with van der Waals surface area (Å²) in [6.45, 7) is 3.93. The highest BCUT2D eigenvalue weighted by Crippen LogP contribution is 2.16. The maximum Gasteiger partial charge on any atom is 0.0203 e. The highest BCUT2D eigenvalue weighted by atomic mass is 32.2. The second-order valence-electron chi connectivity index (χ2n) is 2.27. The summed E-state index contributed by atoms with van der Waals surface area (Å²) in [4.78, 5) is 1.21. The van der Waals surface area contributed by atoms with Crippen LogP contribution in [0.2, 0.25) is 0 Å². The molecule has 0 N–H and O–H groups in total. The predicted molar refractivity (Wildman–Crippen MR) is 50.5 cm³/mol. The molecule has 0 bridgehead atoms. The maximum atomic E-state index is 2.95. The number of benzene rings is 1. The molecule has 0 aliphatic carbocycles. The molecule has 0 radical (unpaired) electrons. The van der Waals surface area contributed by atoms with Crippen molar-refractivity contribution in [2.45, 2.75) is 18.7 Å². The number of hydrogen-bond acceptors (Lipinski definition) is 1. The fraction of sp³-hybridized carbons (Fsp3) is 0.200. The molecule has 1 aromatic rings. The van der Waals surface area contributed by atoms with Crippen molar-refractivity contribution in [3.8, 4) is 11.2 Å². The summed E-state index contributed by atoms with van der Waals surface area (Å²) >= 11 is 1.57. The van der Waals surface area contributed by atoms with Crippen LogP contribution in [0, 0.1) is 18.1 Å². The Labute approximate surface area is 72.0 Å². The molecule has 0 saturated heterocycles. The van der Waals surface area contributed by atoms with Crippen LogP contribution in [0.1, 0.15) is 12.5 Å². The molecule has 1 rings (SSSR count). The minimum absolute atomic E-state index is 1.21. The Balaban J connectivity index is 2.71. The molecular weight excluding hydrogens is 152 g/mol. The van der Waals surface area contributed by atoms with E-state index in [1.165, 1.54) is 10.5 Å². The summed E-state index contributed by atoms with van der Waals surface area (Å²) < 4.78 is 0. The van der Waals surface area contributed by atoms with Gasteiger partial charge in [-0.3, -0.25) is 0 Å². The first-order valence-electron chi connectivity index (χ1n) is 3.48. The molecule has 1 aromatic carbocycles. The Hall–Kier alpha value is -0.870. The lowest BCUT2D eigenvalue weighted by Gasteiger charge is -1.93. The van der Waals surface area contributed by atoms with Crippen molar-refractivity contribution in [2.24, 2.45) is 0 Å². The van der Waals surface area contributed by atoms with Crippen LogP contribution in [0.3, 0.4) is 0 Å². The van der Waals surface area contributed by atoms with E-state index in [0.29, 0.717) is 0 Å². The lowest BCUT2D eigenvalue weighted by Crippen LogP contribution is -1.70. The summed E-state index contributed by atoms with van der Waals surface area (Å²) in [5.41, 5.74) is 1.29. The van der Waals surface area contributed by atoms with Crippen molar-refractivity contribution in [2.75, 3.05) is 0 Å². The smallest absolute Gasteiger partial charge is 0.0203 e. The van der Waals surface area contributed by atoms with E-state index >= 15 is 0 Å². The minimum atomic E-state index is 1.21. The number of thioether (sulfide) groups is 1. The SMILES string of the molecule is CC#CSc1ccc(C)cc1. The molecule has 0 fully saturated rings. The van der Waals surface area contributed by atoms with Gasteiger partial charge in [0.1, 0.15) is 0 Å². The molecule has 0 nitrogen and oxygen atoms in total. The number of aryl methyl sites for hydroxylation is 1. The number of rotatable bonds is 1. The molecule has 0 aliphatic rings. The van der Waals surface area contributed by atoms with Crippen LogP contribution in [-0.2, 0) is 0 Å². The molecule has 0 saturated carbocycles.